The Kier molecular flexibility index (Phi) is 3.58. The summed E-state index contributed by atoms with van der Waals surface area (Å²) in [5.74, 6) is 0. The largest absolute Gasteiger partial charge is 0.390 e. The summed E-state index contributed by atoms with van der Waals surface area (Å²) >= 11 is 1.15. The van der Waals surface area contributed by atoms with E-state index in [-0.39, 0.29) is 12.3 Å². The van der Waals surface area contributed by atoms with E-state index >= 15 is 0 Å². The van der Waals surface area contributed by atoms with Crippen LogP contribution in [-0.4, -0.2) is 29.4 Å². The van der Waals surface area contributed by atoms with Crippen LogP contribution in [-0.2, 0) is 20.7 Å². The third-order valence-electron chi connectivity index (χ3n) is 2.71. The fourth-order valence-corrected chi connectivity index (χ4v) is 2.73. The first-order valence-corrected chi connectivity index (χ1v) is 6.24. The smallest absolute Gasteiger partial charge is 0.324 e. The number of hydrogen-bond acceptors (Lipinski definition) is 6. The Morgan fingerprint density at radius 2 is 2.21 bits per heavy atom. The van der Waals surface area contributed by atoms with E-state index in [2.05, 4.69) is 10.1 Å². The van der Waals surface area contributed by atoms with E-state index in [4.69, 9.17) is 5.11 Å². The number of aliphatic hydroxyl groups excluding tert-OH is 1. The Hall–Kier alpha value is -1.87. The fourth-order valence-electron chi connectivity index (χ4n) is 1.70. The normalized spacial score (nSPS) is 10.9. The maximum atomic E-state index is 11.1. The number of hydrogen-bond donors (Lipinski definition) is 1. The summed E-state index contributed by atoms with van der Waals surface area (Å²) in [5.41, 5.74) is 0.997. The minimum Gasteiger partial charge on any atom is -0.390 e. The highest BCUT2D eigenvalue weighted by Gasteiger charge is 2.26. The molecule has 0 saturated heterocycles. The van der Waals surface area contributed by atoms with Gasteiger partial charge in [-0.25, -0.2) is 4.98 Å². The maximum absolute atomic E-state index is 11.1. The van der Waals surface area contributed by atoms with Crippen molar-refractivity contribution in [2.24, 2.45) is 14.1 Å². The van der Waals surface area contributed by atoms with Crippen LogP contribution in [0.15, 0.2) is 16.4 Å². The molecule has 19 heavy (non-hydrogen) atoms. The number of imidazole rings is 1. The molecule has 2 aromatic rings. The van der Waals surface area contributed by atoms with E-state index < -0.39 is 4.92 Å². The molecule has 102 valence electrons. The van der Waals surface area contributed by atoms with Crippen LogP contribution < -0.4 is 0 Å². The van der Waals surface area contributed by atoms with E-state index in [1.165, 1.54) is 10.9 Å². The zero-order chi connectivity index (χ0) is 14.2. The molecule has 0 amide bonds. The van der Waals surface area contributed by atoms with Gasteiger partial charge < -0.3 is 9.67 Å². The van der Waals surface area contributed by atoms with Crippen LogP contribution in [0.2, 0.25) is 0 Å². The van der Waals surface area contributed by atoms with Gasteiger partial charge in [0.1, 0.15) is 5.69 Å². The lowest BCUT2D eigenvalue weighted by Gasteiger charge is -2.03. The minimum absolute atomic E-state index is 0.0129. The van der Waals surface area contributed by atoms with Gasteiger partial charge in [-0.15, -0.1) is 0 Å². The summed E-state index contributed by atoms with van der Waals surface area (Å²) in [6.07, 6.45) is 1.54. The Bertz CT molecular complexity index is 633. The summed E-state index contributed by atoms with van der Waals surface area (Å²) in [6.45, 7) is 1.47. The molecule has 0 aromatic carbocycles. The van der Waals surface area contributed by atoms with E-state index in [1.54, 1.807) is 25.6 Å². The fraction of sp³-hybridized carbons (Fsp3) is 0.400. The first-order chi connectivity index (χ1) is 8.95. The van der Waals surface area contributed by atoms with Crippen LogP contribution in [0.5, 0.6) is 0 Å². The monoisotopic (exact) mass is 283 g/mol. The number of aryl methyl sites for hydroxylation is 2. The lowest BCUT2D eigenvalue weighted by molar-refractivity contribution is -0.388. The highest BCUT2D eigenvalue weighted by molar-refractivity contribution is 7.99. The Morgan fingerprint density at radius 3 is 2.74 bits per heavy atom. The van der Waals surface area contributed by atoms with Gasteiger partial charge in [0.05, 0.1) is 23.4 Å². The maximum Gasteiger partial charge on any atom is 0.324 e. The molecule has 0 saturated carbocycles. The van der Waals surface area contributed by atoms with Gasteiger partial charge in [-0.2, -0.15) is 5.10 Å². The van der Waals surface area contributed by atoms with Crippen LogP contribution in [0, 0.1) is 17.0 Å². The van der Waals surface area contributed by atoms with E-state index in [1.807, 2.05) is 0 Å². The van der Waals surface area contributed by atoms with Gasteiger partial charge in [0.15, 0.2) is 10.2 Å². The number of aliphatic hydroxyl groups is 1. The second-order valence-electron chi connectivity index (χ2n) is 3.97. The third-order valence-corrected chi connectivity index (χ3v) is 3.93. The van der Waals surface area contributed by atoms with Crippen molar-refractivity contribution in [3.05, 3.63) is 27.7 Å². The SMILES string of the molecule is Cc1nn(C)c(Sc2ncc(CO)n2C)c1[N+](=O)[O-]. The average molecular weight is 283 g/mol. The lowest BCUT2D eigenvalue weighted by atomic mass is 10.4. The molecule has 0 aliphatic rings. The quantitative estimate of drug-likeness (QED) is 0.664. The standard InChI is InChI=1S/C10H13N5O3S/c1-6-8(15(17)18)9(14(3)12-6)19-10-11-4-7(5-16)13(10)2/h4,16H,5H2,1-3H3. The summed E-state index contributed by atoms with van der Waals surface area (Å²) in [4.78, 5) is 14.8. The highest BCUT2D eigenvalue weighted by Crippen LogP contribution is 2.35. The number of nitro groups is 1. The Morgan fingerprint density at radius 1 is 1.53 bits per heavy atom. The molecule has 2 aromatic heterocycles. The minimum atomic E-state index is -0.444. The predicted octanol–water partition coefficient (Wildman–Crippen LogP) is 1.01. The zero-order valence-corrected chi connectivity index (χ0v) is 11.5. The molecule has 0 fully saturated rings. The van der Waals surface area contributed by atoms with Crippen molar-refractivity contribution in [3.8, 4) is 0 Å². The summed E-state index contributed by atoms with van der Waals surface area (Å²) in [7, 11) is 3.40. The molecular formula is C10H13N5O3S. The summed E-state index contributed by atoms with van der Waals surface area (Å²) in [5, 5.41) is 25.2. The average Bonchev–Trinajstić information content (AvgIpc) is 2.81. The molecule has 0 bridgehead atoms. The molecule has 1 N–H and O–H groups in total. The summed E-state index contributed by atoms with van der Waals surface area (Å²) < 4.78 is 3.15. The van der Waals surface area contributed by atoms with E-state index in [9.17, 15) is 10.1 Å². The van der Waals surface area contributed by atoms with Crippen molar-refractivity contribution in [1.29, 1.82) is 0 Å². The van der Waals surface area contributed by atoms with Gasteiger partial charge in [0.25, 0.3) is 0 Å². The molecule has 0 atom stereocenters. The first kappa shape index (κ1) is 13.6. The number of nitrogens with zero attached hydrogens (tertiary/aromatic N) is 5. The zero-order valence-electron chi connectivity index (χ0n) is 10.7. The molecular weight excluding hydrogens is 270 g/mol. The van der Waals surface area contributed by atoms with Gasteiger partial charge in [0.2, 0.25) is 0 Å². The van der Waals surface area contributed by atoms with Gasteiger partial charge in [-0.1, -0.05) is 0 Å². The van der Waals surface area contributed by atoms with Crippen molar-refractivity contribution in [1.82, 2.24) is 19.3 Å². The Labute approximate surface area is 113 Å². The molecule has 0 unspecified atom stereocenters. The van der Waals surface area contributed by atoms with E-state index in [0.29, 0.717) is 21.6 Å². The van der Waals surface area contributed by atoms with Crippen molar-refractivity contribution >= 4 is 17.4 Å². The van der Waals surface area contributed by atoms with Crippen LogP contribution in [0.3, 0.4) is 0 Å². The third kappa shape index (κ3) is 2.34. The van der Waals surface area contributed by atoms with Crippen molar-refractivity contribution in [2.45, 2.75) is 23.7 Å². The highest BCUT2D eigenvalue weighted by atomic mass is 32.2. The molecule has 2 heterocycles. The predicted molar refractivity (Wildman–Crippen MR) is 67.9 cm³/mol. The molecule has 0 aliphatic heterocycles. The van der Waals surface area contributed by atoms with Crippen LogP contribution in [0.4, 0.5) is 5.69 Å². The van der Waals surface area contributed by atoms with E-state index in [0.717, 1.165) is 11.8 Å². The van der Waals surface area contributed by atoms with Crippen molar-refractivity contribution in [2.75, 3.05) is 0 Å². The van der Waals surface area contributed by atoms with Crippen LogP contribution in [0.1, 0.15) is 11.4 Å². The molecule has 0 radical (unpaired) electrons. The molecule has 8 nitrogen and oxygen atoms in total. The number of aromatic nitrogens is 4. The van der Waals surface area contributed by atoms with Crippen molar-refractivity contribution in [3.63, 3.8) is 0 Å². The molecule has 0 aliphatic carbocycles. The van der Waals surface area contributed by atoms with Gasteiger partial charge in [0, 0.05) is 14.1 Å². The van der Waals surface area contributed by atoms with Gasteiger partial charge in [-0.05, 0) is 18.7 Å². The first-order valence-electron chi connectivity index (χ1n) is 5.43. The second-order valence-corrected chi connectivity index (χ2v) is 4.93. The van der Waals surface area contributed by atoms with Crippen LogP contribution >= 0.6 is 11.8 Å². The second kappa shape index (κ2) is 5.02. The van der Waals surface area contributed by atoms with Gasteiger partial charge >= 0.3 is 5.69 Å². The Balaban J connectivity index is 2.43. The lowest BCUT2D eigenvalue weighted by Crippen LogP contribution is -2.00. The molecule has 2 rings (SSSR count). The van der Waals surface area contributed by atoms with Gasteiger partial charge in [-0.3, -0.25) is 14.8 Å². The molecule has 9 heteroatoms. The van der Waals surface area contributed by atoms with Crippen molar-refractivity contribution < 1.29 is 10.0 Å². The molecule has 0 spiro atoms. The van der Waals surface area contributed by atoms with Crippen LogP contribution in [0.25, 0.3) is 0 Å². The summed E-state index contributed by atoms with van der Waals surface area (Å²) in [6, 6.07) is 0. The topological polar surface area (TPSA) is 99.0 Å². The number of rotatable bonds is 4.